The van der Waals surface area contributed by atoms with E-state index in [9.17, 15) is 0 Å². The molecule has 0 saturated carbocycles. The molecule has 0 rings (SSSR count). The van der Waals surface area contributed by atoms with Crippen molar-refractivity contribution in [3.05, 3.63) is 0 Å². The summed E-state index contributed by atoms with van der Waals surface area (Å²) in [6.45, 7) is 0. The Hall–Kier alpha value is 3.19. The maximum atomic E-state index is 8.42. The van der Waals surface area contributed by atoms with Crippen LogP contribution in [0.5, 0.6) is 0 Å². The third kappa shape index (κ3) is 46.7. The molecule has 0 heterocycles. The van der Waals surface area contributed by atoms with Crippen LogP contribution in [0.2, 0.25) is 0 Å². The summed E-state index contributed by atoms with van der Waals surface area (Å²) in [6.07, 6.45) is 0. The van der Waals surface area contributed by atoms with Crippen molar-refractivity contribution in [2.24, 2.45) is 0 Å². The predicted molar refractivity (Wildman–Crippen MR) is 20.4 cm³/mol. The van der Waals surface area contributed by atoms with Crippen molar-refractivity contribution in [1.82, 2.24) is 0 Å². The molecule has 0 aliphatic carbocycles. The van der Waals surface area contributed by atoms with Gasteiger partial charge in [-0.25, -0.2) is 0 Å². The van der Waals surface area contributed by atoms with E-state index in [0.29, 0.717) is 0 Å². The van der Waals surface area contributed by atoms with Crippen molar-refractivity contribution in [1.29, 1.82) is 0 Å². The zero-order valence-electron chi connectivity index (χ0n) is 3.46. The Bertz CT molecular complexity index is 19.7. The molecule has 0 aromatic rings. The normalized spacial score (nSPS) is 4.86. The van der Waals surface area contributed by atoms with Gasteiger partial charge in [0, 0.05) is 0 Å². The summed E-state index contributed by atoms with van der Waals surface area (Å²) >= 11 is 0.840. The zero-order valence-corrected chi connectivity index (χ0v) is 13.1. The van der Waals surface area contributed by atoms with Gasteiger partial charge in [0.2, 0.25) is 0 Å². The minimum absolute atomic E-state index is 0. The Balaban J connectivity index is -0.0000000480. The van der Waals surface area contributed by atoms with E-state index >= 15 is 0 Å². The van der Waals surface area contributed by atoms with Crippen molar-refractivity contribution < 1.29 is 50.7 Å². The van der Waals surface area contributed by atoms with Crippen molar-refractivity contribution in [3.8, 4) is 0 Å². The molecule has 0 unspecified atom stereocenters. The molecule has 0 atom stereocenters. The Labute approximate surface area is 105 Å². The predicted octanol–water partition coefficient (Wildman–Crippen LogP) is -3.48. The molecule has 0 saturated heterocycles. The molecule has 0 radical (unpaired) electrons. The van der Waals surface area contributed by atoms with E-state index < -0.39 is 7.32 Å². The van der Waals surface area contributed by atoms with E-state index in [0.717, 1.165) is 43.1 Å². The molecule has 0 aromatic carbocycles. The van der Waals surface area contributed by atoms with Crippen LogP contribution in [-0.2, 0) is 0 Å². The Morgan fingerprint density at radius 1 is 1.14 bits per heavy atom. The Morgan fingerprint density at radius 3 is 1.14 bits per heavy atom. The quantitative estimate of drug-likeness (QED) is 0.387. The first-order valence-electron chi connectivity index (χ1n) is 0.974. The maximum absolute atomic E-state index is 8.42. The molecule has 0 amide bonds. The van der Waals surface area contributed by atoms with E-state index in [1.807, 2.05) is 0 Å². The molecule has 0 fully saturated rings. The number of hydrogen-bond donors (Lipinski definition) is 0. The SMILES string of the molecule is [Br][Ba+].[La+3].[O-]B([O-])[O-]. The van der Waals surface area contributed by atoms with Crippen LogP contribution < -0.4 is 15.1 Å². The van der Waals surface area contributed by atoms with Crippen LogP contribution in [0, 0.1) is 35.6 Å². The average molecular weight is 415 g/mol. The summed E-state index contributed by atoms with van der Waals surface area (Å²) in [7, 11) is 0.215. The van der Waals surface area contributed by atoms with E-state index in [1.165, 1.54) is 0 Å². The van der Waals surface area contributed by atoms with Crippen LogP contribution in [0.25, 0.3) is 0 Å². The first-order valence-corrected chi connectivity index (χ1v) is 10.8. The molecule has 0 N–H and O–H groups in total. The molecule has 32 valence electrons. The van der Waals surface area contributed by atoms with Gasteiger partial charge in [0.15, 0.2) is 0 Å². The molecule has 0 bridgehead atoms. The molecule has 7 heteroatoms. The standard InChI is InChI=1S/BO3.Ba.BrH.La/c2-1(3)4;;;/h;;1H;/q-3;+2;;+3/p-1. The smallest absolute Gasteiger partial charge is 0.907 e. The maximum Gasteiger partial charge on any atom is 3.00 e. The fourth-order valence-corrected chi connectivity index (χ4v) is 0. The van der Waals surface area contributed by atoms with Gasteiger partial charge >= 0.3 is 85.9 Å². The van der Waals surface area contributed by atoms with Crippen LogP contribution in [0.1, 0.15) is 0 Å². The molecule has 7 heavy (non-hydrogen) atoms. The Kier molecular flexibility index (Phi) is 38.3. The minimum atomic E-state index is -2.92. The summed E-state index contributed by atoms with van der Waals surface area (Å²) in [6, 6.07) is 0. The minimum Gasteiger partial charge on any atom is -0.907 e. The van der Waals surface area contributed by atoms with Gasteiger partial charge < -0.3 is 15.1 Å². The number of halogens is 1. The summed E-state index contributed by atoms with van der Waals surface area (Å²) in [5.41, 5.74) is 0. The molecular weight excluding hydrogens is 415 g/mol. The topological polar surface area (TPSA) is 69.2 Å². The van der Waals surface area contributed by atoms with Gasteiger partial charge in [0.25, 0.3) is 0 Å². The van der Waals surface area contributed by atoms with Crippen LogP contribution >= 0.6 is 7.18 Å². The first-order chi connectivity index (χ1) is 2.73. The summed E-state index contributed by atoms with van der Waals surface area (Å²) in [5, 5.41) is 25.2. The van der Waals surface area contributed by atoms with Gasteiger partial charge in [0.05, 0.1) is 0 Å². The van der Waals surface area contributed by atoms with Gasteiger partial charge in [-0.05, 0) is 0 Å². The molecule has 0 aliphatic heterocycles. The molecule has 0 aromatic heterocycles. The average Bonchev–Trinajstić information content (AvgIpc) is 1.41. The fraction of sp³-hybridized carbons (Fsp3) is 0. The van der Waals surface area contributed by atoms with E-state index in [2.05, 4.69) is 7.18 Å². The van der Waals surface area contributed by atoms with E-state index in [1.54, 1.807) is 0 Å². The van der Waals surface area contributed by atoms with Crippen LogP contribution in [0.4, 0.5) is 0 Å². The van der Waals surface area contributed by atoms with Gasteiger partial charge in [0.1, 0.15) is 0 Å². The van der Waals surface area contributed by atoms with Crippen LogP contribution in [0.3, 0.4) is 0 Å². The monoisotopic (exact) mass is 415 g/mol. The van der Waals surface area contributed by atoms with Gasteiger partial charge in [-0.2, -0.15) is 0 Å². The van der Waals surface area contributed by atoms with Crippen molar-refractivity contribution >= 4 is 57.6 Å². The molecular formula is BBaBrLaO3+. The van der Waals surface area contributed by atoms with Gasteiger partial charge in [-0.1, -0.05) is 0 Å². The molecule has 0 spiro atoms. The number of hydrogen-bond acceptors (Lipinski definition) is 3. The summed E-state index contributed by atoms with van der Waals surface area (Å²) in [5.74, 6) is 0. The first kappa shape index (κ1) is 16.6. The van der Waals surface area contributed by atoms with E-state index in [4.69, 9.17) is 15.1 Å². The molecule has 3 nitrogen and oxygen atoms in total. The second-order valence-electron chi connectivity index (χ2n) is 0.289. The van der Waals surface area contributed by atoms with E-state index in [-0.39, 0.29) is 35.6 Å². The van der Waals surface area contributed by atoms with Gasteiger partial charge in [-0.15, -0.1) is 0 Å². The molecule has 0 aliphatic rings. The third-order valence-corrected chi connectivity index (χ3v) is 0. The second-order valence-corrected chi connectivity index (χ2v) is 0.289. The largest absolute Gasteiger partial charge is 3.00 e. The van der Waals surface area contributed by atoms with Crippen LogP contribution in [0.15, 0.2) is 0 Å². The fourth-order valence-electron chi connectivity index (χ4n) is 0. The summed E-state index contributed by atoms with van der Waals surface area (Å²) in [4.78, 5) is 0. The van der Waals surface area contributed by atoms with Crippen molar-refractivity contribution in [3.63, 3.8) is 0 Å². The third-order valence-electron chi connectivity index (χ3n) is 0. The number of rotatable bonds is 0. The second kappa shape index (κ2) is 16.1. The van der Waals surface area contributed by atoms with Gasteiger partial charge in [-0.3, -0.25) is 7.32 Å². The van der Waals surface area contributed by atoms with Crippen LogP contribution in [-0.4, -0.2) is 50.4 Å². The zero-order chi connectivity index (χ0) is 5.58. The van der Waals surface area contributed by atoms with Crippen molar-refractivity contribution in [2.45, 2.75) is 0 Å². The Morgan fingerprint density at radius 2 is 1.14 bits per heavy atom. The van der Waals surface area contributed by atoms with Crippen molar-refractivity contribution in [2.75, 3.05) is 0 Å². The summed E-state index contributed by atoms with van der Waals surface area (Å²) < 4.78 is 0.